The van der Waals surface area contributed by atoms with Gasteiger partial charge in [-0.1, -0.05) is 147 Å². The first-order chi connectivity index (χ1) is 26.1. The van der Waals surface area contributed by atoms with Crippen LogP contribution in [0.1, 0.15) is 25.0 Å². The summed E-state index contributed by atoms with van der Waals surface area (Å²) in [6.45, 7) is 4.72. The SMILES string of the molecule is CC1(C)c2ccccc2-c2c(N(c3ccc(-c4ccccc4)cc3)c3cccc4c5cc(-c6ccccc6)cc6oc7cccc(c34)c7c65)cccc21. The zero-order valence-corrected chi connectivity index (χ0v) is 29.6. The predicted octanol–water partition coefficient (Wildman–Crippen LogP) is 14.4. The average Bonchev–Trinajstić information content (AvgIpc) is 3.71. The van der Waals surface area contributed by atoms with Crippen molar-refractivity contribution in [3.8, 4) is 33.4 Å². The highest BCUT2D eigenvalue weighted by atomic mass is 16.3. The van der Waals surface area contributed by atoms with E-state index < -0.39 is 0 Å². The summed E-state index contributed by atoms with van der Waals surface area (Å²) in [6, 6.07) is 64.1. The van der Waals surface area contributed by atoms with Gasteiger partial charge in [0, 0.05) is 32.8 Å². The van der Waals surface area contributed by atoms with E-state index in [1.54, 1.807) is 0 Å². The van der Waals surface area contributed by atoms with Crippen molar-refractivity contribution in [1.29, 1.82) is 0 Å². The van der Waals surface area contributed by atoms with Crippen molar-refractivity contribution in [3.63, 3.8) is 0 Å². The molecule has 0 bridgehead atoms. The average molecular weight is 678 g/mol. The predicted molar refractivity (Wildman–Crippen MR) is 223 cm³/mol. The lowest BCUT2D eigenvalue weighted by molar-refractivity contribution is 0.660. The van der Waals surface area contributed by atoms with Crippen LogP contribution in [0.15, 0.2) is 180 Å². The number of benzene rings is 9. The van der Waals surface area contributed by atoms with E-state index in [9.17, 15) is 0 Å². The van der Waals surface area contributed by atoms with Gasteiger partial charge in [0.05, 0.1) is 11.4 Å². The minimum Gasteiger partial charge on any atom is -0.456 e. The van der Waals surface area contributed by atoms with Gasteiger partial charge in [-0.3, -0.25) is 0 Å². The second-order valence-corrected chi connectivity index (χ2v) is 14.9. The minimum atomic E-state index is -0.123. The second-order valence-electron chi connectivity index (χ2n) is 14.9. The molecule has 0 atom stereocenters. The Bertz CT molecular complexity index is 3010. The maximum absolute atomic E-state index is 6.68. The molecule has 11 rings (SSSR count). The molecule has 0 fully saturated rings. The van der Waals surface area contributed by atoms with Crippen molar-refractivity contribution in [2.45, 2.75) is 19.3 Å². The van der Waals surface area contributed by atoms with Crippen LogP contribution in [0.25, 0.3) is 76.9 Å². The van der Waals surface area contributed by atoms with Crippen molar-refractivity contribution in [3.05, 3.63) is 187 Å². The van der Waals surface area contributed by atoms with Gasteiger partial charge in [-0.25, -0.2) is 0 Å². The Morgan fingerprint density at radius 2 is 1.02 bits per heavy atom. The number of fused-ring (bicyclic) bond motifs is 6. The highest BCUT2D eigenvalue weighted by molar-refractivity contribution is 6.35. The molecule has 9 aromatic carbocycles. The Morgan fingerprint density at radius 1 is 0.415 bits per heavy atom. The lowest BCUT2D eigenvalue weighted by atomic mass is 9.82. The first-order valence-electron chi connectivity index (χ1n) is 18.4. The van der Waals surface area contributed by atoms with Crippen molar-refractivity contribution < 1.29 is 4.42 Å². The molecule has 1 aliphatic carbocycles. The number of furan rings is 1. The van der Waals surface area contributed by atoms with Gasteiger partial charge in [-0.05, 0) is 97.6 Å². The quantitative estimate of drug-likeness (QED) is 0.169. The summed E-state index contributed by atoms with van der Waals surface area (Å²) in [7, 11) is 0. The molecule has 1 heterocycles. The number of hydrogen-bond acceptors (Lipinski definition) is 2. The molecule has 0 N–H and O–H groups in total. The molecule has 0 saturated carbocycles. The summed E-state index contributed by atoms with van der Waals surface area (Å²) in [5.74, 6) is 0. The lowest BCUT2D eigenvalue weighted by Gasteiger charge is -2.30. The van der Waals surface area contributed by atoms with Gasteiger partial charge in [0.1, 0.15) is 11.2 Å². The Balaban J connectivity index is 1.25. The van der Waals surface area contributed by atoms with Crippen LogP contribution in [0.4, 0.5) is 17.1 Å². The fourth-order valence-corrected chi connectivity index (χ4v) is 9.16. The largest absolute Gasteiger partial charge is 0.456 e. The van der Waals surface area contributed by atoms with E-state index >= 15 is 0 Å². The fourth-order valence-electron chi connectivity index (χ4n) is 9.16. The molecule has 2 nitrogen and oxygen atoms in total. The zero-order valence-electron chi connectivity index (χ0n) is 29.6. The van der Waals surface area contributed by atoms with Crippen molar-refractivity contribution >= 4 is 60.5 Å². The van der Waals surface area contributed by atoms with E-state index in [4.69, 9.17) is 4.42 Å². The zero-order chi connectivity index (χ0) is 35.3. The van der Waals surface area contributed by atoms with E-state index in [-0.39, 0.29) is 5.41 Å². The molecule has 250 valence electrons. The third-order valence-corrected chi connectivity index (χ3v) is 11.6. The van der Waals surface area contributed by atoms with Gasteiger partial charge in [0.2, 0.25) is 0 Å². The molecular formula is C51H35NO. The molecule has 1 aliphatic rings. The summed E-state index contributed by atoms with van der Waals surface area (Å²) in [5.41, 5.74) is 15.2. The summed E-state index contributed by atoms with van der Waals surface area (Å²) in [6.07, 6.45) is 0. The molecular weight excluding hydrogens is 643 g/mol. The van der Waals surface area contributed by atoms with Crippen LogP contribution in [0.5, 0.6) is 0 Å². The van der Waals surface area contributed by atoms with Crippen LogP contribution in [0, 0.1) is 0 Å². The topological polar surface area (TPSA) is 16.4 Å². The molecule has 0 radical (unpaired) electrons. The van der Waals surface area contributed by atoms with Gasteiger partial charge in [-0.15, -0.1) is 0 Å². The molecule has 10 aromatic rings. The molecule has 0 unspecified atom stereocenters. The number of anilines is 3. The summed E-state index contributed by atoms with van der Waals surface area (Å²) in [5, 5.41) is 7.21. The molecule has 0 aliphatic heterocycles. The van der Waals surface area contributed by atoms with Gasteiger partial charge >= 0.3 is 0 Å². The van der Waals surface area contributed by atoms with E-state index in [2.05, 4.69) is 195 Å². The van der Waals surface area contributed by atoms with E-state index in [1.165, 1.54) is 76.9 Å². The minimum absolute atomic E-state index is 0.123. The lowest BCUT2D eigenvalue weighted by Crippen LogP contribution is -2.16. The van der Waals surface area contributed by atoms with E-state index in [1.807, 2.05) is 0 Å². The standard InChI is InChI=1S/C51H35NO/c1-51(2)41-21-10-9-18-38(41)48-42(51)22-13-24-44(48)52(36-28-26-34(27-29-36)32-14-5-3-6-15-32)43-23-11-19-37-40-30-35(33-16-7-4-8-17-33)31-46-50(40)49-39(47(37)43)20-12-25-45(49)53-46/h3-31H,1-2H3. The Morgan fingerprint density at radius 3 is 1.81 bits per heavy atom. The Kier molecular flexibility index (Phi) is 6.33. The van der Waals surface area contributed by atoms with Crippen molar-refractivity contribution in [2.24, 2.45) is 0 Å². The first kappa shape index (κ1) is 30.0. The normalized spacial score (nSPS) is 13.2. The van der Waals surface area contributed by atoms with Crippen LogP contribution in [-0.2, 0) is 5.41 Å². The maximum atomic E-state index is 6.68. The van der Waals surface area contributed by atoms with Crippen LogP contribution < -0.4 is 4.90 Å². The second kappa shape index (κ2) is 11.2. The van der Waals surface area contributed by atoms with Crippen LogP contribution in [0.3, 0.4) is 0 Å². The van der Waals surface area contributed by atoms with Crippen LogP contribution in [0.2, 0.25) is 0 Å². The molecule has 53 heavy (non-hydrogen) atoms. The summed E-state index contributed by atoms with van der Waals surface area (Å²) in [4.78, 5) is 2.51. The Hall–Kier alpha value is -6.64. The third kappa shape index (κ3) is 4.33. The van der Waals surface area contributed by atoms with Gasteiger partial charge in [-0.2, -0.15) is 0 Å². The van der Waals surface area contributed by atoms with E-state index in [0.717, 1.165) is 28.1 Å². The van der Waals surface area contributed by atoms with Crippen LogP contribution >= 0.6 is 0 Å². The number of nitrogens with zero attached hydrogens (tertiary/aromatic N) is 1. The molecule has 0 saturated heterocycles. The summed E-state index contributed by atoms with van der Waals surface area (Å²) < 4.78 is 6.68. The fraction of sp³-hybridized carbons (Fsp3) is 0.0588. The highest BCUT2D eigenvalue weighted by Gasteiger charge is 2.38. The highest BCUT2D eigenvalue weighted by Crippen LogP contribution is 2.56. The molecule has 1 aromatic heterocycles. The third-order valence-electron chi connectivity index (χ3n) is 11.6. The number of hydrogen-bond donors (Lipinski definition) is 0. The summed E-state index contributed by atoms with van der Waals surface area (Å²) >= 11 is 0. The Labute approximate surface area is 308 Å². The molecule has 0 spiro atoms. The molecule has 2 heteroatoms. The number of rotatable bonds is 5. The van der Waals surface area contributed by atoms with Gasteiger partial charge < -0.3 is 9.32 Å². The van der Waals surface area contributed by atoms with Crippen molar-refractivity contribution in [2.75, 3.05) is 4.90 Å². The van der Waals surface area contributed by atoms with Gasteiger partial charge in [0.25, 0.3) is 0 Å². The maximum Gasteiger partial charge on any atom is 0.136 e. The van der Waals surface area contributed by atoms with E-state index in [0.29, 0.717) is 0 Å². The van der Waals surface area contributed by atoms with Crippen molar-refractivity contribution in [1.82, 2.24) is 0 Å². The monoisotopic (exact) mass is 677 g/mol. The van der Waals surface area contributed by atoms with Crippen LogP contribution in [-0.4, -0.2) is 0 Å². The smallest absolute Gasteiger partial charge is 0.136 e. The molecule has 0 amide bonds. The van der Waals surface area contributed by atoms with Gasteiger partial charge in [0.15, 0.2) is 0 Å². The first-order valence-corrected chi connectivity index (χ1v) is 18.4.